The molecule has 0 spiro atoms. The van der Waals surface area contributed by atoms with Gasteiger partial charge in [-0.1, -0.05) is 5.10 Å². The van der Waals surface area contributed by atoms with Crippen LogP contribution >= 0.6 is 0 Å². The molecular formula is C16H16F4N4O3. The normalized spacial score (nSPS) is 20.9. The van der Waals surface area contributed by atoms with Crippen LogP contribution in [0.3, 0.4) is 0 Å². The summed E-state index contributed by atoms with van der Waals surface area (Å²) in [6.07, 6.45) is -5.83. The summed E-state index contributed by atoms with van der Waals surface area (Å²) in [5.74, 6) is -0.702. The second kappa shape index (κ2) is 7.14. The van der Waals surface area contributed by atoms with Gasteiger partial charge in [0, 0.05) is 12.1 Å². The van der Waals surface area contributed by atoms with Crippen molar-refractivity contribution in [1.82, 2.24) is 15.1 Å². The molecule has 1 aromatic carbocycles. The van der Waals surface area contributed by atoms with E-state index in [0.29, 0.717) is 5.56 Å². The zero-order chi connectivity index (χ0) is 19.8. The first kappa shape index (κ1) is 19.1. The fourth-order valence-corrected chi connectivity index (χ4v) is 2.66. The van der Waals surface area contributed by atoms with Crippen molar-refractivity contribution < 1.29 is 31.5 Å². The quantitative estimate of drug-likeness (QED) is 0.794. The van der Waals surface area contributed by atoms with E-state index in [0.717, 1.165) is 0 Å². The van der Waals surface area contributed by atoms with Gasteiger partial charge in [0.2, 0.25) is 11.8 Å². The molecule has 0 unspecified atom stereocenters. The zero-order valence-electron chi connectivity index (χ0n) is 14.3. The van der Waals surface area contributed by atoms with Crippen LogP contribution in [0.15, 0.2) is 28.7 Å². The van der Waals surface area contributed by atoms with Gasteiger partial charge in [0.15, 0.2) is 0 Å². The summed E-state index contributed by atoms with van der Waals surface area (Å²) in [5.41, 5.74) is 0.499. The third-order valence-corrected chi connectivity index (χ3v) is 4.20. The topological polar surface area (TPSA) is 80.5 Å². The number of aromatic nitrogens is 2. The van der Waals surface area contributed by atoms with Crippen LogP contribution in [0.5, 0.6) is 0 Å². The van der Waals surface area contributed by atoms with Crippen molar-refractivity contribution in [3.63, 3.8) is 0 Å². The maximum absolute atomic E-state index is 12.9. The van der Waals surface area contributed by atoms with Crippen molar-refractivity contribution in [2.75, 3.05) is 11.9 Å². The highest BCUT2D eigenvalue weighted by molar-refractivity contribution is 5.84. The first-order chi connectivity index (χ1) is 12.6. The maximum Gasteiger partial charge on any atom is 0.522 e. The molecule has 1 fully saturated rings. The fourth-order valence-electron chi connectivity index (χ4n) is 2.66. The molecule has 1 amide bonds. The second-order valence-corrected chi connectivity index (χ2v) is 6.12. The molecule has 1 saturated heterocycles. The molecular weight excluding hydrogens is 372 g/mol. The number of halogens is 4. The van der Waals surface area contributed by atoms with Gasteiger partial charge in [0.1, 0.15) is 18.0 Å². The molecule has 1 aromatic heterocycles. The summed E-state index contributed by atoms with van der Waals surface area (Å²) < 4.78 is 59.0. The minimum atomic E-state index is -4.74. The van der Waals surface area contributed by atoms with E-state index >= 15 is 0 Å². The number of likely N-dealkylation sites (tertiary alicyclic amines) is 1. The van der Waals surface area contributed by atoms with E-state index in [-0.39, 0.29) is 18.5 Å². The zero-order valence-corrected chi connectivity index (χ0v) is 14.3. The van der Waals surface area contributed by atoms with Crippen molar-refractivity contribution in [2.45, 2.75) is 38.4 Å². The van der Waals surface area contributed by atoms with E-state index in [1.165, 1.54) is 43.0 Å². The van der Waals surface area contributed by atoms with Crippen molar-refractivity contribution in [3.8, 4) is 11.5 Å². The lowest BCUT2D eigenvalue weighted by molar-refractivity contribution is -0.359. The van der Waals surface area contributed by atoms with Gasteiger partial charge in [-0.15, -0.1) is 18.3 Å². The standard InChI is InChI=1S/C16H16F4N4O3/c1-8(14(25)24-7-12(9(24)2)27-16(18,19)20)21-15-23-22-13(26-15)10-3-5-11(17)6-4-10/h3-6,8-9,12H,7H2,1-2H3,(H,21,23)/t8-,9+,12-/m1/s1. The molecule has 0 bridgehead atoms. The van der Waals surface area contributed by atoms with Crippen molar-refractivity contribution >= 4 is 11.9 Å². The van der Waals surface area contributed by atoms with Crippen LogP contribution in [-0.4, -0.2) is 52.1 Å². The van der Waals surface area contributed by atoms with E-state index in [4.69, 9.17) is 4.42 Å². The Labute approximate surface area is 151 Å². The minimum absolute atomic E-state index is 0.0357. The third-order valence-electron chi connectivity index (χ3n) is 4.20. The van der Waals surface area contributed by atoms with Crippen LogP contribution in [-0.2, 0) is 9.53 Å². The fraction of sp³-hybridized carbons (Fsp3) is 0.438. The maximum atomic E-state index is 12.9. The summed E-state index contributed by atoms with van der Waals surface area (Å²) in [4.78, 5) is 13.6. The number of carbonyl (C=O) groups is 1. The Morgan fingerprint density at radius 1 is 1.33 bits per heavy atom. The highest BCUT2D eigenvalue weighted by atomic mass is 19.4. The average Bonchev–Trinajstić information content (AvgIpc) is 3.05. The lowest BCUT2D eigenvalue weighted by atomic mass is 10.00. The van der Waals surface area contributed by atoms with E-state index in [9.17, 15) is 22.4 Å². The van der Waals surface area contributed by atoms with E-state index in [2.05, 4.69) is 20.3 Å². The minimum Gasteiger partial charge on any atom is -0.403 e. The van der Waals surface area contributed by atoms with Crippen LogP contribution < -0.4 is 5.32 Å². The first-order valence-corrected chi connectivity index (χ1v) is 8.05. The second-order valence-electron chi connectivity index (χ2n) is 6.12. The number of rotatable bonds is 5. The van der Waals surface area contributed by atoms with Crippen LogP contribution in [0.1, 0.15) is 13.8 Å². The number of alkyl halides is 3. The summed E-state index contributed by atoms with van der Waals surface area (Å²) in [6, 6.07) is 3.86. The molecule has 3 rings (SSSR count). The Kier molecular flexibility index (Phi) is 5.05. The molecule has 0 saturated carbocycles. The SMILES string of the molecule is C[C@@H](Nc1nnc(-c2ccc(F)cc2)o1)C(=O)N1C[C@@H](OC(F)(F)F)[C@@H]1C. The van der Waals surface area contributed by atoms with Gasteiger partial charge in [0.25, 0.3) is 0 Å². The number of nitrogens with one attached hydrogen (secondary N) is 1. The molecule has 0 radical (unpaired) electrons. The number of hydrogen-bond donors (Lipinski definition) is 1. The van der Waals surface area contributed by atoms with E-state index in [1.807, 2.05) is 0 Å². The van der Waals surface area contributed by atoms with Crippen molar-refractivity contribution in [2.24, 2.45) is 0 Å². The third kappa shape index (κ3) is 4.35. The predicted octanol–water partition coefficient (Wildman–Crippen LogP) is 2.81. The highest BCUT2D eigenvalue weighted by Crippen LogP contribution is 2.29. The summed E-state index contributed by atoms with van der Waals surface area (Å²) >= 11 is 0. The molecule has 2 heterocycles. The molecule has 7 nitrogen and oxygen atoms in total. The van der Waals surface area contributed by atoms with Crippen LogP contribution in [0, 0.1) is 5.82 Å². The molecule has 1 aliphatic heterocycles. The molecule has 2 aromatic rings. The summed E-state index contributed by atoms with van der Waals surface area (Å²) in [6.45, 7) is 2.84. The molecule has 1 aliphatic rings. The van der Waals surface area contributed by atoms with Gasteiger partial charge in [-0.25, -0.2) is 4.39 Å². The lowest BCUT2D eigenvalue weighted by Gasteiger charge is -2.46. The number of benzene rings is 1. The van der Waals surface area contributed by atoms with Gasteiger partial charge in [0.05, 0.1) is 6.04 Å². The number of carbonyl (C=O) groups excluding carboxylic acids is 1. The van der Waals surface area contributed by atoms with E-state index < -0.39 is 36.3 Å². The van der Waals surface area contributed by atoms with Crippen molar-refractivity contribution in [1.29, 1.82) is 0 Å². The molecule has 27 heavy (non-hydrogen) atoms. The van der Waals surface area contributed by atoms with E-state index in [1.54, 1.807) is 0 Å². The van der Waals surface area contributed by atoms with Crippen LogP contribution in [0.4, 0.5) is 23.6 Å². The Morgan fingerprint density at radius 2 is 2.00 bits per heavy atom. The molecule has 11 heteroatoms. The molecule has 3 atom stereocenters. The smallest absolute Gasteiger partial charge is 0.403 e. The number of ether oxygens (including phenoxy) is 1. The summed E-state index contributed by atoms with van der Waals surface area (Å²) in [5, 5.41) is 10.3. The highest BCUT2D eigenvalue weighted by Gasteiger charge is 2.46. The number of amides is 1. The monoisotopic (exact) mass is 388 g/mol. The lowest BCUT2D eigenvalue weighted by Crippen LogP contribution is -2.64. The number of hydrogen-bond acceptors (Lipinski definition) is 6. The van der Waals surface area contributed by atoms with Gasteiger partial charge in [-0.05, 0) is 38.1 Å². The van der Waals surface area contributed by atoms with Crippen LogP contribution in [0.2, 0.25) is 0 Å². The average molecular weight is 388 g/mol. The predicted molar refractivity (Wildman–Crippen MR) is 84.9 cm³/mol. The van der Waals surface area contributed by atoms with Gasteiger partial charge < -0.3 is 14.6 Å². The van der Waals surface area contributed by atoms with Crippen molar-refractivity contribution in [3.05, 3.63) is 30.1 Å². The summed E-state index contributed by atoms with van der Waals surface area (Å²) in [7, 11) is 0. The first-order valence-electron chi connectivity index (χ1n) is 8.05. The van der Waals surface area contributed by atoms with Gasteiger partial charge >= 0.3 is 12.4 Å². The van der Waals surface area contributed by atoms with Crippen LogP contribution in [0.25, 0.3) is 11.5 Å². The Hall–Kier alpha value is -2.69. The molecule has 146 valence electrons. The number of nitrogens with zero attached hydrogens (tertiary/aromatic N) is 3. The Morgan fingerprint density at radius 3 is 2.59 bits per heavy atom. The largest absolute Gasteiger partial charge is 0.522 e. The van der Waals surface area contributed by atoms with Gasteiger partial charge in [-0.2, -0.15) is 0 Å². The molecule has 1 N–H and O–H groups in total. The Balaban J connectivity index is 1.57. The van der Waals surface area contributed by atoms with Gasteiger partial charge in [-0.3, -0.25) is 9.53 Å². The molecule has 0 aliphatic carbocycles. The Bertz CT molecular complexity index is 809. The number of anilines is 1.